The first-order chi connectivity index (χ1) is 13.2. The predicted octanol–water partition coefficient (Wildman–Crippen LogP) is 3.05. The Morgan fingerprint density at radius 2 is 1.70 bits per heavy atom. The van der Waals surface area contributed by atoms with E-state index in [1.807, 2.05) is 0 Å². The fourth-order valence-corrected chi connectivity index (χ4v) is 4.94. The van der Waals surface area contributed by atoms with Crippen LogP contribution in [0.2, 0.25) is 0 Å². The molecule has 0 bridgehead atoms. The lowest BCUT2D eigenvalue weighted by atomic mass is 9.99. The summed E-state index contributed by atoms with van der Waals surface area (Å²) in [6.07, 6.45) is 0.661. The van der Waals surface area contributed by atoms with Crippen molar-refractivity contribution in [1.29, 1.82) is 0 Å². The summed E-state index contributed by atoms with van der Waals surface area (Å²) in [5, 5.41) is 10.6. The van der Waals surface area contributed by atoms with Gasteiger partial charge >= 0.3 is 0 Å². The monoisotopic (exact) mass is 477 g/mol. The van der Waals surface area contributed by atoms with Gasteiger partial charge in [-0.05, 0) is 58.8 Å². The molecule has 2 atom stereocenters. The minimum absolute atomic E-state index is 0.208. The number of aliphatic hydroxyl groups excluding tert-OH is 1. The highest BCUT2D eigenvalue weighted by atomic mass is 127. The molecule has 4 nitrogen and oxygen atoms in total. The molecule has 0 unspecified atom stereocenters. The minimum Gasteiger partial charge on any atom is -0.391 e. The Labute approximate surface area is 175 Å². The lowest BCUT2D eigenvalue weighted by Gasteiger charge is -2.46. The van der Waals surface area contributed by atoms with Crippen molar-refractivity contribution in [2.24, 2.45) is 0 Å². The van der Waals surface area contributed by atoms with Crippen LogP contribution in [0.5, 0.6) is 0 Å². The molecule has 0 amide bonds. The molecule has 4 rings (SSSR count). The molecule has 1 N–H and O–H groups in total. The van der Waals surface area contributed by atoms with E-state index in [4.69, 9.17) is 0 Å². The van der Waals surface area contributed by atoms with E-state index in [2.05, 4.69) is 91.9 Å². The Morgan fingerprint density at radius 1 is 0.926 bits per heavy atom. The van der Waals surface area contributed by atoms with Crippen molar-refractivity contribution < 1.29 is 5.11 Å². The number of rotatable bonds is 4. The normalized spacial score (nSPS) is 24.9. The van der Waals surface area contributed by atoms with Crippen molar-refractivity contribution in [3.63, 3.8) is 0 Å². The maximum Gasteiger partial charge on any atom is 0.0720 e. The van der Waals surface area contributed by atoms with Crippen LogP contribution in [0.15, 0.2) is 54.6 Å². The first kappa shape index (κ1) is 19.2. The average Bonchev–Trinajstić information content (AvgIpc) is 2.70. The lowest BCUT2D eigenvalue weighted by Crippen LogP contribution is -2.59. The standard InChI is InChI=1S/C22H28IN3O/c23-19-6-4-5-18(15-19)16-24-10-9-22(27)21(17-24)26-13-11-25(12-14-26)20-7-2-1-3-8-20/h1-8,15,21-22,27H,9-14,16-17H2/t21-,22-/m0/s1. The summed E-state index contributed by atoms with van der Waals surface area (Å²) in [6, 6.07) is 19.7. The van der Waals surface area contributed by atoms with Crippen LogP contribution in [0, 0.1) is 3.57 Å². The average molecular weight is 477 g/mol. The van der Waals surface area contributed by atoms with Crippen LogP contribution >= 0.6 is 22.6 Å². The molecule has 0 aromatic heterocycles. The van der Waals surface area contributed by atoms with Gasteiger partial charge in [0.25, 0.3) is 0 Å². The number of piperidine rings is 1. The first-order valence-corrected chi connectivity index (χ1v) is 11.0. The van der Waals surface area contributed by atoms with Crippen LogP contribution in [0.4, 0.5) is 5.69 Å². The smallest absolute Gasteiger partial charge is 0.0720 e. The molecule has 2 fully saturated rings. The molecule has 0 spiro atoms. The number of para-hydroxylation sites is 1. The highest BCUT2D eigenvalue weighted by molar-refractivity contribution is 14.1. The number of hydrogen-bond acceptors (Lipinski definition) is 4. The van der Waals surface area contributed by atoms with E-state index in [1.54, 1.807) is 0 Å². The Balaban J connectivity index is 1.35. The van der Waals surface area contributed by atoms with Crippen molar-refractivity contribution in [2.45, 2.75) is 25.1 Å². The highest BCUT2D eigenvalue weighted by Crippen LogP contribution is 2.22. The van der Waals surface area contributed by atoms with E-state index in [0.717, 1.165) is 52.2 Å². The van der Waals surface area contributed by atoms with E-state index in [9.17, 15) is 5.11 Å². The molecule has 2 aromatic carbocycles. The molecule has 0 radical (unpaired) electrons. The van der Waals surface area contributed by atoms with E-state index in [-0.39, 0.29) is 12.1 Å². The van der Waals surface area contributed by atoms with Crippen LogP contribution < -0.4 is 4.90 Å². The number of nitrogens with zero attached hydrogens (tertiary/aromatic N) is 3. The summed E-state index contributed by atoms with van der Waals surface area (Å²) in [5.41, 5.74) is 2.67. The zero-order valence-electron chi connectivity index (χ0n) is 15.7. The molecule has 2 saturated heterocycles. The molecule has 2 aliphatic rings. The zero-order valence-corrected chi connectivity index (χ0v) is 17.8. The second-order valence-electron chi connectivity index (χ2n) is 7.65. The quantitative estimate of drug-likeness (QED) is 0.686. The van der Waals surface area contributed by atoms with Gasteiger partial charge in [-0.3, -0.25) is 9.80 Å². The second-order valence-corrected chi connectivity index (χ2v) is 8.89. The van der Waals surface area contributed by atoms with Crippen LogP contribution in [0.1, 0.15) is 12.0 Å². The van der Waals surface area contributed by atoms with Gasteiger partial charge in [-0.1, -0.05) is 30.3 Å². The summed E-state index contributed by atoms with van der Waals surface area (Å²) < 4.78 is 1.29. The maximum absolute atomic E-state index is 10.6. The van der Waals surface area contributed by atoms with E-state index in [0.29, 0.717) is 0 Å². The van der Waals surface area contributed by atoms with Gasteiger partial charge in [0.05, 0.1) is 6.10 Å². The number of aliphatic hydroxyl groups is 1. The van der Waals surface area contributed by atoms with Crippen LogP contribution in [0.3, 0.4) is 0 Å². The molecule has 2 heterocycles. The zero-order chi connectivity index (χ0) is 18.6. The lowest BCUT2D eigenvalue weighted by molar-refractivity contribution is -0.0158. The van der Waals surface area contributed by atoms with Gasteiger partial charge in [-0.15, -0.1) is 0 Å². The summed E-state index contributed by atoms with van der Waals surface area (Å²) in [6.45, 7) is 7.02. The number of halogens is 1. The third kappa shape index (κ3) is 4.83. The van der Waals surface area contributed by atoms with Gasteiger partial charge in [-0.2, -0.15) is 0 Å². The Bertz CT molecular complexity index is 733. The van der Waals surface area contributed by atoms with Crippen LogP contribution in [-0.2, 0) is 6.54 Å². The van der Waals surface area contributed by atoms with Gasteiger partial charge in [0, 0.05) is 61.1 Å². The van der Waals surface area contributed by atoms with Gasteiger partial charge in [0.1, 0.15) is 0 Å². The van der Waals surface area contributed by atoms with Gasteiger partial charge in [0.2, 0.25) is 0 Å². The third-order valence-corrected chi connectivity index (χ3v) is 6.50. The number of piperazine rings is 1. The molecule has 5 heteroatoms. The summed E-state index contributed by atoms with van der Waals surface area (Å²) >= 11 is 2.38. The Hall–Kier alpha value is -1.15. The summed E-state index contributed by atoms with van der Waals surface area (Å²) in [5.74, 6) is 0. The molecule has 2 aromatic rings. The Morgan fingerprint density at radius 3 is 2.44 bits per heavy atom. The molecule has 0 saturated carbocycles. The van der Waals surface area contributed by atoms with Gasteiger partial charge in [0.15, 0.2) is 0 Å². The van der Waals surface area contributed by atoms with Crippen molar-refractivity contribution >= 4 is 28.3 Å². The fourth-order valence-electron chi connectivity index (χ4n) is 4.33. The molecule has 0 aliphatic carbocycles. The number of anilines is 1. The minimum atomic E-state index is -0.208. The number of likely N-dealkylation sites (tertiary alicyclic amines) is 1. The SMILES string of the molecule is O[C@H]1CCN(Cc2cccc(I)c2)C[C@@H]1N1CCN(c2ccccc2)CC1. The molecule has 27 heavy (non-hydrogen) atoms. The highest BCUT2D eigenvalue weighted by Gasteiger charge is 2.33. The van der Waals surface area contributed by atoms with Gasteiger partial charge < -0.3 is 10.0 Å². The molecular weight excluding hydrogens is 449 g/mol. The largest absolute Gasteiger partial charge is 0.391 e. The molecular formula is C22H28IN3O. The summed E-state index contributed by atoms with van der Waals surface area (Å²) in [4.78, 5) is 7.47. The maximum atomic E-state index is 10.6. The fraction of sp³-hybridized carbons (Fsp3) is 0.455. The van der Waals surface area contributed by atoms with E-state index < -0.39 is 0 Å². The second kappa shape index (κ2) is 8.90. The van der Waals surface area contributed by atoms with Gasteiger partial charge in [-0.25, -0.2) is 0 Å². The topological polar surface area (TPSA) is 30.0 Å². The molecule has 2 aliphatic heterocycles. The van der Waals surface area contributed by atoms with Crippen LogP contribution in [-0.4, -0.2) is 66.3 Å². The third-order valence-electron chi connectivity index (χ3n) is 5.83. The Kier molecular flexibility index (Phi) is 6.32. The van der Waals surface area contributed by atoms with E-state index >= 15 is 0 Å². The predicted molar refractivity (Wildman–Crippen MR) is 119 cm³/mol. The van der Waals surface area contributed by atoms with Crippen molar-refractivity contribution in [1.82, 2.24) is 9.80 Å². The van der Waals surface area contributed by atoms with Crippen LogP contribution in [0.25, 0.3) is 0 Å². The number of benzene rings is 2. The van der Waals surface area contributed by atoms with Crippen molar-refractivity contribution in [3.05, 3.63) is 63.7 Å². The first-order valence-electron chi connectivity index (χ1n) is 9.88. The number of hydrogen-bond donors (Lipinski definition) is 1. The molecule has 144 valence electrons. The van der Waals surface area contributed by atoms with Crippen molar-refractivity contribution in [3.8, 4) is 0 Å². The van der Waals surface area contributed by atoms with E-state index in [1.165, 1.54) is 14.8 Å². The van der Waals surface area contributed by atoms with Crippen molar-refractivity contribution in [2.75, 3.05) is 44.2 Å². The summed E-state index contributed by atoms with van der Waals surface area (Å²) in [7, 11) is 0.